The van der Waals surface area contributed by atoms with Crippen LogP contribution in [-0.4, -0.2) is 51.0 Å². The second-order valence-electron chi connectivity index (χ2n) is 8.89. The minimum Gasteiger partial charge on any atom is -0.357 e. The summed E-state index contributed by atoms with van der Waals surface area (Å²) in [5, 5.41) is 2.67. The minimum atomic E-state index is -3.78. The van der Waals surface area contributed by atoms with Crippen LogP contribution in [0.1, 0.15) is 22.3 Å². The molecule has 0 aliphatic carbocycles. The minimum absolute atomic E-state index is 0.162. The van der Waals surface area contributed by atoms with E-state index in [-0.39, 0.29) is 12.5 Å². The Morgan fingerprint density at radius 3 is 2.00 bits per heavy atom. The van der Waals surface area contributed by atoms with Crippen molar-refractivity contribution in [2.75, 3.05) is 24.2 Å². The van der Waals surface area contributed by atoms with Gasteiger partial charge in [-0.2, -0.15) is 0 Å². The van der Waals surface area contributed by atoms with Crippen LogP contribution in [0.3, 0.4) is 0 Å². The van der Waals surface area contributed by atoms with Gasteiger partial charge in [0.05, 0.1) is 11.9 Å². The number of rotatable bonds is 10. The van der Waals surface area contributed by atoms with Crippen LogP contribution in [0.5, 0.6) is 0 Å². The molecular formula is C28H33N3O4S. The maximum Gasteiger partial charge on any atom is 0.244 e. The van der Waals surface area contributed by atoms with E-state index >= 15 is 0 Å². The van der Waals surface area contributed by atoms with Gasteiger partial charge in [-0.05, 0) is 36.6 Å². The quantitative estimate of drug-likeness (QED) is 0.455. The molecule has 0 aliphatic rings. The number of likely N-dealkylation sites (N-methyl/N-ethyl adjacent to an activating group) is 1. The predicted octanol–water partition coefficient (Wildman–Crippen LogP) is 3.46. The molecule has 0 spiro atoms. The molecule has 0 fully saturated rings. The van der Waals surface area contributed by atoms with Crippen LogP contribution in [0.15, 0.2) is 78.9 Å². The van der Waals surface area contributed by atoms with Crippen molar-refractivity contribution in [2.24, 2.45) is 0 Å². The molecule has 1 atom stereocenters. The molecule has 1 N–H and O–H groups in total. The summed E-state index contributed by atoms with van der Waals surface area (Å²) >= 11 is 0. The highest BCUT2D eigenvalue weighted by atomic mass is 32.2. The summed E-state index contributed by atoms with van der Waals surface area (Å²) in [6.07, 6.45) is 1.38. The first-order valence-corrected chi connectivity index (χ1v) is 13.6. The first-order valence-electron chi connectivity index (χ1n) is 11.7. The van der Waals surface area contributed by atoms with E-state index in [1.165, 1.54) is 11.9 Å². The molecule has 0 radical (unpaired) electrons. The van der Waals surface area contributed by atoms with Crippen LogP contribution in [0.4, 0.5) is 5.69 Å². The topological polar surface area (TPSA) is 86.8 Å². The zero-order valence-electron chi connectivity index (χ0n) is 21.1. The van der Waals surface area contributed by atoms with Crippen LogP contribution >= 0.6 is 0 Å². The van der Waals surface area contributed by atoms with Crippen LogP contribution in [0.2, 0.25) is 0 Å². The van der Waals surface area contributed by atoms with Crippen molar-refractivity contribution in [1.29, 1.82) is 0 Å². The zero-order valence-corrected chi connectivity index (χ0v) is 22.0. The number of nitrogens with one attached hydrogen (secondary N) is 1. The lowest BCUT2D eigenvalue weighted by molar-refractivity contribution is -0.139. The molecule has 36 heavy (non-hydrogen) atoms. The molecule has 0 bridgehead atoms. The van der Waals surface area contributed by atoms with Crippen molar-refractivity contribution >= 4 is 27.5 Å². The van der Waals surface area contributed by atoms with Crippen molar-refractivity contribution in [3.8, 4) is 0 Å². The van der Waals surface area contributed by atoms with Gasteiger partial charge in [-0.1, -0.05) is 78.4 Å². The van der Waals surface area contributed by atoms with Crippen LogP contribution in [0, 0.1) is 13.8 Å². The Hall–Kier alpha value is -3.65. The third kappa shape index (κ3) is 6.95. The SMILES string of the molecule is CNC(=O)[C@H](Cc1ccccc1)N(Cc1ccccc1)C(=O)CN(c1ccc(C)cc1C)S(C)(=O)=O. The molecule has 7 nitrogen and oxygen atoms in total. The molecule has 0 saturated carbocycles. The Morgan fingerprint density at radius 1 is 0.889 bits per heavy atom. The number of nitrogens with zero attached hydrogens (tertiary/aromatic N) is 2. The summed E-state index contributed by atoms with van der Waals surface area (Å²) in [7, 11) is -2.25. The van der Waals surface area contributed by atoms with E-state index in [2.05, 4.69) is 5.32 Å². The third-order valence-electron chi connectivity index (χ3n) is 6.01. The van der Waals surface area contributed by atoms with Crippen LogP contribution < -0.4 is 9.62 Å². The first kappa shape index (κ1) is 26.9. The second-order valence-corrected chi connectivity index (χ2v) is 10.8. The molecule has 0 unspecified atom stereocenters. The van der Waals surface area contributed by atoms with Crippen molar-refractivity contribution in [1.82, 2.24) is 10.2 Å². The van der Waals surface area contributed by atoms with Crippen molar-refractivity contribution in [2.45, 2.75) is 32.9 Å². The van der Waals surface area contributed by atoms with Gasteiger partial charge in [0.15, 0.2) is 0 Å². The van der Waals surface area contributed by atoms with Crippen molar-refractivity contribution in [3.05, 3.63) is 101 Å². The molecule has 0 saturated heterocycles. The summed E-state index contributed by atoms with van der Waals surface area (Å²) in [5.74, 6) is -0.783. The van der Waals surface area contributed by atoms with Gasteiger partial charge in [0.25, 0.3) is 0 Å². The summed E-state index contributed by atoms with van der Waals surface area (Å²) in [6, 6.07) is 23.4. The molecule has 3 aromatic rings. The lowest BCUT2D eigenvalue weighted by Crippen LogP contribution is -2.53. The number of anilines is 1. The van der Waals surface area contributed by atoms with Crippen molar-refractivity contribution < 1.29 is 18.0 Å². The Kier molecular flexibility index (Phi) is 8.88. The monoisotopic (exact) mass is 507 g/mol. The maximum absolute atomic E-state index is 13.8. The van der Waals surface area contributed by atoms with Gasteiger partial charge >= 0.3 is 0 Å². The van der Waals surface area contributed by atoms with E-state index in [0.29, 0.717) is 12.1 Å². The maximum atomic E-state index is 13.8. The fourth-order valence-electron chi connectivity index (χ4n) is 4.18. The number of aryl methyl sites for hydroxylation is 2. The van der Waals surface area contributed by atoms with E-state index in [9.17, 15) is 18.0 Å². The number of hydrogen-bond acceptors (Lipinski definition) is 4. The van der Waals surface area contributed by atoms with Gasteiger partial charge in [-0.25, -0.2) is 8.42 Å². The lowest BCUT2D eigenvalue weighted by atomic mass is 10.0. The van der Waals surface area contributed by atoms with Gasteiger partial charge in [-0.3, -0.25) is 13.9 Å². The molecule has 190 valence electrons. The van der Waals surface area contributed by atoms with Gasteiger partial charge in [-0.15, -0.1) is 0 Å². The van der Waals surface area contributed by atoms with Gasteiger partial charge in [0.2, 0.25) is 21.8 Å². The van der Waals surface area contributed by atoms with Gasteiger partial charge in [0.1, 0.15) is 12.6 Å². The number of sulfonamides is 1. The predicted molar refractivity (Wildman–Crippen MR) is 143 cm³/mol. The smallest absolute Gasteiger partial charge is 0.244 e. The van der Waals surface area contributed by atoms with E-state index in [1.807, 2.05) is 86.6 Å². The highest BCUT2D eigenvalue weighted by Crippen LogP contribution is 2.24. The first-order chi connectivity index (χ1) is 17.1. The van der Waals surface area contributed by atoms with Crippen molar-refractivity contribution in [3.63, 3.8) is 0 Å². The largest absolute Gasteiger partial charge is 0.357 e. The number of hydrogen-bond donors (Lipinski definition) is 1. The lowest BCUT2D eigenvalue weighted by Gasteiger charge is -2.33. The average molecular weight is 508 g/mol. The number of benzene rings is 3. The summed E-state index contributed by atoms with van der Waals surface area (Å²) < 4.78 is 26.7. The molecule has 2 amide bonds. The molecule has 3 rings (SSSR count). The fourth-order valence-corrected chi connectivity index (χ4v) is 5.09. The van der Waals surface area contributed by atoms with Crippen LogP contribution in [0.25, 0.3) is 0 Å². The summed E-state index contributed by atoms with van der Waals surface area (Å²) in [4.78, 5) is 28.4. The van der Waals surface area contributed by atoms with E-state index in [4.69, 9.17) is 0 Å². The normalized spacial score (nSPS) is 12.0. The molecular weight excluding hydrogens is 474 g/mol. The molecule has 8 heteroatoms. The Labute approximate surface area is 213 Å². The number of carbonyl (C=O) groups excluding carboxylic acids is 2. The average Bonchev–Trinajstić information content (AvgIpc) is 2.85. The summed E-state index contributed by atoms with van der Waals surface area (Å²) in [6.45, 7) is 3.48. The highest BCUT2D eigenvalue weighted by Gasteiger charge is 2.32. The number of amides is 2. The zero-order chi connectivity index (χ0) is 26.3. The summed E-state index contributed by atoms with van der Waals surface area (Å²) in [5.41, 5.74) is 3.91. The van der Waals surface area contributed by atoms with Gasteiger partial charge in [0, 0.05) is 20.0 Å². The second kappa shape index (κ2) is 11.9. The van der Waals surface area contributed by atoms with Gasteiger partial charge < -0.3 is 10.2 Å². The van der Waals surface area contributed by atoms with Crippen LogP contribution in [-0.2, 0) is 32.6 Å². The Morgan fingerprint density at radius 2 is 1.47 bits per heavy atom. The third-order valence-corrected chi connectivity index (χ3v) is 7.14. The van der Waals surface area contributed by atoms with E-state index < -0.39 is 28.5 Å². The fraction of sp³-hybridized carbons (Fsp3) is 0.286. The van der Waals surface area contributed by atoms with E-state index in [1.54, 1.807) is 6.07 Å². The molecule has 0 heterocycles. The van der Waals surface area contributed by atoms with E-state index in [0.717, 1.165) is 32.8 Å². The highest BCUT2D eigenvalue weighted by molar-refractivity contribution is 7.92. The Bertz CT molecular complexity index is 1290. The molecule has 0 aliphatic heterocycles. The Balaban J connectivity index is 2.02. The molecule has 0 aromatic heterocycles. The number of carbonyl (C=O) groups is 2. The standard InChI is InChI=1S/C28H33N3O4S/c1-21-15-16-25(22(2)17-21)31(36(4,34)35)20-27(32)30(19-24-13-9-6-10-14-24)26(28(33)29-3)18-23-11-7-5-8-12-23/h5-17,26H,18-20H2,1-4H3,(H,29,33)/t26-/m0/s1. The molecule has 3 aromatic carbocycles.